The monoisotopic (exact) mass is 254 g/mol. The minimum atomic E-state index is -0.579. The molecule has 18 heavy (non-hydrogen) atoms. The first kappa shape index (κ1) is 13.8. The maximum absolute atomic E-state index is 12.2. The summed E-state index contributed by atoms with van der Waals surface area (Å²) in [4.78, 5) is 14.1. The van der Waals surface area contributed by atoms with Gasteiger partial charge in [-0.1, -0.05) is 6.42 Å². The second-order valence-corrected chi connectivity index (χ2v) is 6.37. The summed E-state index contributed by atoms with van der Waals surface area (Å²) in [6, 6.07) is 0.290. The maximum atomic E-state index is 12.2. The molecular formula is C14H26N2O2. The number of amides is 1. The molecule has 2 rings (SSSR count). The first-order valence-corrected chi connectivity index (χ1v) is 7.22. The van der Waals surface area contributed by atoms with Crippen LogP contribution >= 0.6 is 0 Å². The molecule has 0 bridgehead atoms. The van der Waals surface area contributed by atoms with Crippen molar-refractivity contribution in [3.8, 4) is 0 Å². The lowest BCUT2D eigenvalue weighted by Crippen LogP contribution is -2.45. The second kappa shape index (κ2) is 5.57. The highest BCUT2D eigenvalue weighted by Crippen LogP contribution is 2.28. The Morgan fingerprint density at radius 2 is 2.06 bits per heavy atom. The van der Waals surface area contributed by atoms with Gasteiger partial charge in [0.25, 0.3) is 0 Å². The van der Waals surface area contributed by atoms with Crippen LogP contribution < -0.4 is 5.73 Å². The second-order valence-electron chi connectivity index (χ2n) is 6.37. The molecule has 0 radical (unpaired) electrons. The largest absolute Gasteiger partial charge is 0.390 e. The van der Waals surface area contributed by atoms with Crippen molar-refractivity contribution in [2.24, 2.45) is 11.7 Å². The zero-order chi connectivity index (χ0) is 13.2. The summed E-state index contributed by atoms with van der Waals surface area (Å²) in [6.45, 7) is 3.25. The number of hydrogen-bond acceptors (Lipinski definition) is 3. The first-order chi connectivity index (χ1) is 8.46. The lowest BCUT2D eigenvalue weighted by atomic mass is 9.83. The minimum absolute atomic E-state index is 0.254. The fraction of sp³-hybridized carbons (Fsp3) is 0.929. The smallest absolute Gasteiger partial charge is 0.222 e. The van der Waals surface area contributed by atoms with Crippen molar-refractivity contribution in [3.05, 3.63) is 0 Å². The summed E-state index contributed by atoms with van der Waals surface area (Å²) in [5, 5.41) is 9.88. The van der Waals surface area contributed by atoms with Crippen LogP contribution in [0.4, 0.5) is 0 Å². The Morgan fingerprint density at radius 3 is 2.67 bits per heavy atom. The van der Waals surface area contributed by atoms with Crippen molar-refractivity contribution in [2.45, 2.75) is 63.5 Å². The average Bonchev–Trinajstić information content (AvgIpc) is 2.28. The van der Waals surface area contributed by atoms with E-state index in [9.17, 15) is 9.90 Å². The van der Waals surface area contributed by atoms with E-state index in [-0.39, 0.29) is 5.91 Å². The Bertz CT molecular complexity index is 294. The van der Waals surface area contributed by atoms with Gasteiger partial charge in [0, 0.05) is 25.6 Å². The van der Waals surface area contributed by atoms with E-state index in [4.69, 9.17) is 5.73 Å². The zero-order valence-corrected chi connectivity index (χ0v) is 11.4. The van der Waals surface area contributed by atoms with Crippen LogP contribution in [0.25, 0.3) is 0 Å². The van der Waals surface area contributed by atoms with Crippen molar-refractivity contribution in [2.75, 3.05) is 13.1 Å². The number of hydrogen-bond donors (Lipinski definition) is 2. The highest BCUT2D eigenvalue weighted by Gasteiger charge is 2.31. The third kappa shape index (κ3) is 3.69. The number of aliphatic hydroxyl groups is 1. The van der Waals surface area contributed by atoms with Crippen LogP contribution in [0.15, 0.2) is 0 Å². The summed E-state index contributed by atoms with van der Waals surface area (Å²) < 4.78 is 0. The molecule has 4 heteroatoms. The topological polar surface area (TPSA) is 66.6 Å². The lowest BCUT2D eigenvalue weighted by molar-refractivity contribution is -0.136. The van der Waals surface area contributed by atoms with E-state index in [1.165, 1.54) is 0 Å². The van der Waals surface area contributed by atoms with Crippen LogP contribution in [0.1, 0.15) is 51.9 Å². The number of nitrogens with zero attached hydrogens (tertiary/aromatic N) is 1. The van der Waals surface area contributed by atoms with E-state index in [2.05, 4.69) is 0 Å². The summed E-state index contributed by atoms with van der Waals surface area (Å²) in [5.41, 5.74) is 5.38. The molecule has 104 valence electrons. The molecule has 1 amide bonds. The Balaban J connectivity index is 1.78. The van der Waals surface area contributed by atoms with E-state index in [1.807, 2.05) is 11.8 Å². The van der Waals surface area contributed by atoms with Gasteiger partial charge < -0.3 is 15.7 Å². The van der Waals surface area contributed by atoms with Gasteiger partial charge in [-0.3, -0.25) is 4.79 Å². The molecule has 2 atom stereocenters. The van der Waals surface area contributed by atoms with Gasteiger partial charge in [-0.05, 0) is 44.9 Å². The highest BCUT2D eigenvalue weighted by molar-refractivity contribution is 5.76. The molecule has 2 fully saturated rings. The van der Waals surface area contributed by atoms with Crippen LogP contribution in [0.3, 0.4) is 0 Å². The van der Waals surface area contributed by atoms with Crippen molar-refractivity contribution in [1.82, 2.24) is 4.90 Å². The van der Waals surface area contributed by atoms with Gasteiger partial charge in [0.2, 0.25) is 5.91 Å². The predicted molar refractivity (Wildman–Crippen MR) is 71.0 cm³/mol. The maximum Gasteiger partial charge on any atom is 0.222 e. The number of carbonyl (C=O) groups is 1. The fourth-order valence-corrected chi connectivity index (χ4v) is 3.13. The molecular weight excluding hydrogens is 228 g/mol. The van der Waals surface area contributed by atoms with Crippen molar-refractivity contribution >= 4 is 5.91 Å². The standard InChI is InChI=1S/C14H26N2O2/c1-14(18)5-7-16(8-6-14)13(17)10-11-3-2-4-12(15)9-11/h11-12,18H,2-10,15H2,1H3. The third-order valence-corrected chi connectivity index (χ3v) is 4.48. The number of piperidine rings is 1. The van der Waals surface area contributed by atoms with Gasteiger partial charge in [-0.15, -0.1) is 0 Å². The minimum Gasteiger partial charge on any atom is -0.390 e. The van der Waals surface area contributed by atoms with Gasteiger partial charge in [0.05, 0.1) is 5.60 Å². The van der Waals surface area contributed by atoms with Gasteiger partial charge in [0.15, 0.2) is 0 Å². The summed E-state index contributed by atoms with van der Waals surface area (Å²) >= 11 is 0. The van der Waals surface area contributed by atoms with Crippen molar-refractivity contribution < 1.29 is 9.90 Å². The molecule has 0 aromatic rings. The van der Waals surface area contributed by atoms with Gasteiger partial charge in [-0.2, -0.15) is 0 Å². The van der Waals surface area contributed by atoms with Crippen molar-refractivity contribution in [1.29, 1.82) is 0 Å². The zero-order valence-electron chi connectivity index (χ0n) is 11.4. The van der Waals surface area contributed by atoms with Gasteiger partial charge in [-0.25, -0.2) is 0 Å². The predicted octanol–water partition coefficient (Wildman–Crippen LogP) is 1.27. The molecule has 1 saturated carbocycles. The summed E-state index contributed by atoms with van der Waals surface area (Å²) in [5.74, 6) is 0.730. The van der Waals surface area contributed by atoms with Crippen LogP contribution in [0.5, 0.6) is 0 Å². The highest BCUT2D eigenvalue weighted by atomic mass is 16.3. The van der Waals surface area contributed by atoms with E-state index >= 15 is 0 Å². The van der Waals surface area contributed by atoms with Crippen LogP contribution in [-0.2, 0) is 4.79 Å². The number of carbonyl (C=O) groups excluding carboxylic acids is 1. The van der Waals surface area contributed by atoms with Crippen molar-refractivity contribution in [3.63, 3.8) is 0 Å². The molecule has 1 aliphatic carbocycles. The Labute approximate surface area is 110 Å². The molecule has 4 nitrogen and oxygen atoms in total. The van der Waals surface area contributed by atoms with Crippen LogP contribution in [-0.4, -0.2) is 40.6 Å². The van der Waals surface area contributed by atoms with E-state index in [1.54, 1.807) is 0 Å². The van der Waals surface area contributed by atoms with Gasteiger partial charge >= 0.3 is 0 Å². The Hall–Kier alpha value is -0.610. The molecule has 0 aromatic heterocycles. The van der Waals surface area contributed by atoms with Crippen LogP contribution in [0, 0.1) is 5.92 Å². The van der Waals surface area contributed by atoms with Gasteiger partial charge in [0.1, 0.15) is 0 Å². The SMILES string of the molecule is CC1(O)CCN(C(=O)CC2CCCC(N)C2)CC1. The molecule has 2 aliphatic rings. The molecule has 1 aliphatic heterocycles. The average molecular weight is 254 g/mol. The fourth-order valence-electron chi connectivity index (χ4n) is 3.13. The lowest BCUT2D eigenvalue weighted by Gasteiger charge is -2.37. The number of rotatable bonds is 2. The molecule has 0 aromatic carbocycles. The number of nitrogens with two attached hydrogens (primary N) is 1. The first-order valence-electron chi connectivity index (χ1n) is 7.22. The normalized spacial score (nSPS) is 32.3. The summed E-state index contributed by atoms with van der Waals surface area (Å²) in [7, 11) is 0. The van der Waals surface area contributed by atoms with E-state index < -0.39 is 5.60 Å². The van der Waals surface area contributed by atoms with Crippen LogP contribution in [0.2, 0.25) is 0 Å². The Kier molecular flexibility index (Phi) is 4.28. The molecule has 3 N–H and O–H groups in total. The molecule has 2 unspecified atom stereocenters. The van der Waals surface area contributed by atoms with E-state index in [0.29, 0.717) is 44.3 Å². The summed E-state index contributed by atoms with van der Waals surface area (Å²) in [6.07, 6.45) is 6.45. The molecule has 1 saturated heterocycles. The third-order valence-electron chi connectivity index (χ3n) is 4.48. The molecule has 0 spiro atoms. The molecule has 1 heterocycles. The van der Waals surface area contributed by atoms with E-state index in [0.717, 1.165) is 25.7 Å². The Morgan fingerprint density at radius 1 is 1.39 bits per heavy atom. The quantitative estimate of drug-likeness (QED) is 0.780. The number of likely N-dealkylation sites (tertiary alicyclic amines) is 1.